The molecule has 2 aromatic rings. The van der Waals surface area contributed by atoms with E-state index in [2.05, 4.69) is 5.10 Å². The number of hydrogen-bond donors (Lipinski definition) is 0. The molecule has 0 saturated heterocycles. The molecule has 6 heteroatoms. The summed E-state index contributed by atoms with van der Waals surface area (Å²) in [6.45, 7) is 0.312. The molecule has 0 aliphatic heterocycles. The van der Waals surface area contributed by atoms with E-state index >= 15 is 0 Å². The lowest BCUT2D eigenvalue weighted by atomic mass is 10.2. The zero-order valence-electron chi connectivity index (χ0n) is 8.58. The van der Waals surface area contributed by atoms with Gasteiger partial charge in [-0.15, -0.1) is 0 Å². The van der Waals surface area contributed by atoms with Crippen LogP contribution in [0.1, 0.15) is 17.7 Å². The van der Waals surface area contributed by atoms with E-state index in [1.165, 1.54) is 4.68 Å². The number of rotatable bonds is 3. The maximum Gasteiger partial charge on any atom is 0.282 e. The molecule has 0 N–H and O–H groups in total. The minimum atomic E-state index is -2.62. The number of alkyl halides is 2. The Balaban J connectivity index is 2.24. The smallest absolute Gasteiger partial charge is 0.249 e. The molecule has 1 heterocycles. The van der Waals surface area contributed by atoms with Gasteiger partial charge in [0, 0.05) is 11.1 Å². The normalized spacial score (nSPS) is 11.1. The molecule has 0 unspecified atom stereocenters. The molecule has 0 radical (unpaired) electrons. The first-order valence-corrected chi connectivity index (χ1v) is 5.57. The van der Waals surface area contributed by atoms with Crippen LogP contribution in [0.3, 0.4) is 0 Å². The van der Waals surface area contributed by atoms with E-state index in [4.69, 9.17) is 23.2 Å². The molecule has 90 valence electrons. The molecule has 0 atom stereocenters. The maximum absolute atomic E-state index is 12.4. The summed E-state index contributed by atoms with van der Waals surface area (Å²) in [5.74, 6) is 0. The van der Waals surface area contributed by atoms with E-state index in [-0.39, 0.29) is 10.8 Å². The lowest BCUT2D eigenvalue weighted by molar-refractivity contribution is 0.145. The summed E-state index contributed by atoms with van der Waals surface area (Å²) < 4.78 is 26.1. The van der Waals surface area contributed by atoms with Crippen molar-refractivity contribution in [3.05, 3.63) is 51.8 Å². The van der Waals surface area contributed by atoms with Crippen LogP contribution >= 0.6 is 23.2 Å². The number of hydrogen-bond acceptors (Lipinski definition) is 1. The Morgan fingerprint density at radius 1 is 1.24 bits per heavy atom. The highest BCUT2D eigenvalue weighted by Gasteiger charge is 2.14. The molecule has 0 saturated carbocycles. The van der Waals surface area contributed by atoms with Crippen LogP contribution in [-0.2, 0) is 6.54 Å². The van der Waals surface area contributed by atoms with Crippen LogP contribution in [-0.4, -0.2) is 9.78 Å². The Morgan fingerprint density at radius 2 is 2.00 bits per heavy atom. The van der Waals surface area contributed by atoms with Gasteiger partial charge in [-0.05, 0) is 17.7 Å². The molecule has 1 aromatic carbocycles. The Hall–Kier alpha value is -1.13. The summed E-state index contributed by atoms with van der Waals surface area (Å²) in [5.41, 5.74) is 0.528. The van der Waals surface area contributed by atoms with Crippen molar-refractivity contribution in [2.75, 3.05) is 0 Å². The van der Waals surface area contributed by atoms with E-state index < -0.39 is 6.43 Å². The van der Waals surface area contributed by atoms with Crippen molar-refractivity contribution < 1.29 is 8.78 Å². The lowest BCUT2D eigenvalue weighted by Crippen LogP contribution is -2.02. The Morgan fingerprint density at radius 3 is 2.59 bits per heavy atom. The van der Waals surface area contributed by atoms with Gasteiger partial charge in [-0.3, -0.25) is 0 Å². The van der Waals surface area contributed by atoms with Gasteiger partial charge in [-0.2, -0.15) is 5.10 Å². The van der Waals surface area contributed by atoms with E-state index in [0.717, 1.165) is 11.6 Å². The minimum Gasteiger partial charge on any atom is -0.249 e. The molecular formula is C11H8Cl2F2N2. The van der Waals surface area contributed by atoms with E-state index in [0.29, 0.717) is 11.6 Å². The Bertz CT molecular complexity index is 526. The third-order valence-electron chi connectivity index (χ3n) is 2.19. The van der Waals surface area contributed by atoms with Gasteiger partial charge in [-0.25, -0.2) is 13.5 Å². The molecule has 2 nitrogen and oxygen atoms in total. The summed E-state index contributed by atoms with van der Waals surface area (Å²) in [6, 6.07) is 8.24. The number of halogens is 4. The second-order valence-corrected chi connectivity index (χ2v) is 4.30. The van der Waals surface area contributed by atoms with Gasteiger partial charge in [0.25, 0.3) is 6.43 Å². The molecule has 17 heavy (non-hydrogen) atoms. The van der Waals surface area contributed by atoms with E-state index in [9.17, 15) is 8.78 Å². The van der Waals surface area contributed by atoms with Crippen LogP contribution in [0.4, 0.5) is 8.78 Å². The standard InChI is InChI=1S/C11H8Cl2F2N2/c12-8-3-1-2-7(4-8)6-17-10(13)5-9(16-17)11(14)15/h1-5,11H,6H2. The average molecular weight is 277 g/mol. The molecule has 0 spiro atoms. The van der Waals surface area contributed by atoms with Crippen molar-refractivity contribution in [2.24, 2.45) is 0 Å². The quantitative estimate of drug-likeness (QED) is 0.823. The predicted octanol–water partition coefficient (Wildman–Crippen LogP) is 4.18. The van der Waals surface area contributed by atoms with Gasteiger partial charge in [0.1, 0.15) is 10.8 Å². The molecule has 0 amide bonds. The summed E-state index contributed by atoms with van der Waals surface area (Å²) in [7, 11) is 0. The SMILES string of the molecule is FC(F)c1cc(Cl)n(Cc2cccc(Cl)c2)n1. The highest BCUT2D eigenvalue weighted by atomic mass is 35.5. The van der Waals surface area contributed by atoms with Crippen molar-refractivity contribution >= 4 is 23.2 Å². The van der Waals surface area contributed by atoms with E-state index in [1.807, 2.05) is 6.07 Å². The first-order valence-electron chi connectivity index (χ1n) is 4.82. The summed E-state index contributed by atoms with van der Waals surface area (Å²) >= 11 is 11.6. The van der Waals surface area contributed by atoms with Gasteiger partial charge < -0.3 is 0 Å². The van der Waals surface area contributed by atoms with Gasteiger partial charge in [0.05, 0.1) is 6.54 Å². The second kappa shape index (κ2) is 5.02. The van der Waals surface area contributed by atoms with Crippen LogP contribution in [0.5, 0.6) is 0 Å². The largest absolute Gasteiger partial charge is 0.282 e. The Kier molecular flexibility index (Phi) is 3.64. The lowest BCUT2D eigenvalue weighted by Gasteiger charge is -2.03. The van der Waals surface area contributed by atoms with Gasteiger partial charge in [-0.1, -0.05) is 35.3 Å². The van der Waals surface area contributed by atoms with Crippen molar-refractivity contribution in [2.45, 2.75) is 13.0 Å². The van der Waals surface area contributed by atoms with Crippen LogP contribution in [0.2, 0.25) is 10.2 Å². The fourth-order valence-electron chi connectivity index (χ4n) is 1.44. The van der Waals surface area contributed by atoms with Crippen molar-refractivity contribution in [1.82, 2.24) is 9.78 Å². The van der Waals surface area contributed by atoms with Gasteiger partial charge >= 0.3 is 0 Å². The topological polar surface area (TPSA) is 17.8 Å². The Labute approximate surface area is 107 Å². The summed E-state index contributed by atoms with van der Waals surface area (Å²) in [4.78, 5) is 0. The van der Waals surface area contributed by atoms with Crippen LogP contribution < -0.4 is 0 Å². The molecule has 0 aliphatic rings. The van der Waals surface area contributed by atoms with E-state index in [1.54, 1.807) is 18.2 Å². The van der Waals surface area contributed by atoms with Crippen LogP contribution in [0.15, 0.2) is 30.3 Å². The number of nitrogens with zero attached hydrogens (tertiary/aromatic N) is 2. The zero-order valence-corrected chi connectivity index (χ0v) is 10.1. The third kappa shape index (κ3) is 2.96. The highest BCUT2D eigenvalue weighted by Crippen LogP contribution is 2.22. The number of aromatic nitrogens is 2. The van der Waals surface area contributed by atoms with Crippen molar-refractivity contribution in [3.63, 3.8) is 0 Å². The van der Waals surface area contributed by atoms with Crippen LogP contribution in [0, 0.1) is 0 Å². The van der Waals surface area contributed by atoms with Gasteiger partial charge in [0.15, 0.2) is 0 Å². The fraction of sp³-hybridized carbons (Fsp3) is 0.182. The van der Waals surface area contributed by atoms with Crippen molar-refractivity contribution in [1.29, 1.82) is 0 Å². The van der Waals surface area contributed by atoms with Crippen molar-refractivity contribution in [3.8, 4) is 0 Å². The van der Waals surface area contributed by atoms with Crippen LogP contribution in [0.25, 0.3) is 0 Å². The first-order chi connectivity index (χ1) is 8.06. The third-order valence-corrected chi connectivity index (χ3v) is 2.73. The first kappa shape index (κ1) is 12.3. The second-order valence-electron chi connectivity index (χ2n) is 3.48. The monoisotopic (exact) mass is 276 g/mol. The molecule has 0 aliphatic carbocycles. The zero-order chi connectivity index (χ0) is 12.4. The minimum absolute atomic E-state index is 0.181. The highest BCUT2D eigenvalue weighted by molar-refractivity contribution is 6.30. The molecule has 2 rings (SSSR count). The summed E-state index contributed by atoms with van der Waals surface area (Å²) in [6.07, 6.45) is -2.62. The molecule has 0 fully saturated rings. The molecule has 0 bridgehead atoms. The number of benzene rings is 1. The van der Waals surface area contributed by atoms with Gasteiger partial charge in [0.2, 0.25) is 0 Å². The summed E-state index contributed by atoms with van der Waals surface area (Å²) in [5, 5.41) is 4.49. The fourth-order valence-corrected chi connectivity index (χ4v) is 1.86. The molecular weight excluding hydrogens is 269 g/mol. The maximum atomic E-state index is 12.4. The average Bonchev–Trinajstić information content (AvgIpc) is 2.61. The predicted molar refractivity (Wildman–Crippen MR) is 62.7 cm³/mol. The molecule has 1 aromatic heterocycles.